The third-order valence-electron chi connectivity index (χ3n) is 5.06. The number of nitrogens with zero attached hydrogens (tertiary/aromatic N) is 1. The lowest BCUT2D eigenvalue weighted by molar-refractivity contribution is -0.131. The zero-order valence-electron chi connectivity index (χ0n) is 21.3. The highest BCUT2D eigenvalue weighted by Crippen LogP contribution is 2.32. The molecule has 1 aromatic rings. The highest BCUT2D eigenvalue weighted by molar-refractivity contribution is 7.89. The standard InChI is InChI=1S/C23H36N4O7S/c1-14-13-18(33-7)15(2)16(3)20(14)35(31,32)27(21(24)25)12-8-9-17(10-11-19(28)29)26-22(30)34-23(4,5)6/h10-11,13,17H,8-9,12H2,1-7H3,(H3,24,25)(H,26,30)(H,28,29)/b11-10+/t17-/m0/s1. The predicted molar refractivity (Wildman–Crippen MR) is 132 cm³/mol. The lowest BCUT2D eigenvalue weighted by atomic mass is 10.1. The van der Waals surface area contributed by atoms with Crippen molar-refractivity contribution in [1.29, 1.82) is 5.41 Å². The van der Waals surface area contributed by atoms with Crippen LogP contribution in [-0.2, 0) is 19.6 Å². The number of amides is 1. The van der Waals surface area contributed by atoms with Gasteiger partial charge in [0.15, 0.2) is 0 Å². The van der Waals surface area contributed by atoms with Crippen molar-refractivity contribution < 1.29 is 32.6 Å². The van der Waals surface area contributed by atoms with E-state index in [0.29, 0.717) is 22.4 Å². The minimum absolute atomic E-state index is 0.0419. The number of nitrogens with one attached hydrogen (secondary N) is 2. The van der Waals surface area contributed by atoms with Crippen LogP contribution in [0.5, 0.6) is 5.75 Å². The number of aliphatic carboxylic acids is 1. The lowest BCUT2D eigenvalue weighted by Crippen LogP contribution is -2.43. The summed E-state index contributed by atoms with van der Waals surface area (Å²) in [6.07, 6.45) is 1.75. The number of carbonyl (C=O) groups excluding carboxylic acids is 1. The van der Waals surface area contributed by atoms with Gasteiger partial charge in [0.05, 0.1) is 18.0 Å². The van der Waals surface area contributed by atoms with Gasteiger partial charge in [-0.05, 0) is 77.1 Å². The van der Waals surface area contributed by atoms with Gasteiger partial charge in [-0.1, -0.05) is 6.08 Å². The molecule has 1 atom stereocenters. The van der Waals surface area contributed by atoms with E-state index in [1.54, 1.807) is 47.6 Å². The number of carboxylic acids is 1. The number of methoxy groups -OCH3 is 1. The summed E-state index contributed by atoms with van der Waals surface area (Å²) in [5.41, 5.74) is 6.48. The fourth-order valence-electron chi connectivity index (χ4n) is 3.44. The van der Waals surface area contributed by atoms with Crippen LogP contribution in [0.1, 0.15) is 50.3 Å². The number of guanidine groups is 1. The average Bonchev–Trinajstić information content (AvgIpc) is 2.69. The smallest absolute Gasteiger partial charge is 0.408 e. The molecule has 0 aliphatic heterocycles. The monoisotopic (exact) mass is 512 g/mol. The Hall–Kier alpha value is -3.28. The van der Waals surface area contributed by atoms with Crippen LogP contribution < -0.4 is 15.8 Å². The number of hydrogen-bond acceptors (Lipinski definition) is 7. The van der Waals surface area contributed by atoms with Crippen molar-refractivity contribution in [2.24, 2.45) is 5.73 Å². The summed E-state index contributed by atoms with van der Waals surface area (Å²) in [4.78, 5) is 23.1. The van der Waals surface area contributed by atoms with E-state index in [4.69, 9.17) is 25.7 Å². The largest absolute Gasteiger partial charge is 0.496 e. The normalized spacial score (nSPS) is 12.8. The molecule has 0 radical (unpaired) electrons. The first-order valence-corrected chi connectivity index (χ1v) is 12.4. The van der Waals surface area contributed by atoms with E-state index in [0.717, 1.165) is 10.4 Å². The van der Waals surface area contributed by atoms with Crippen LogP contribution in [0.25, 0.3) is 0 Å². The number of ether oxygens (including phenoxy) is 2. The van der Waals surface area contributed by atoms with Crippen molar-refractivity contribution in [1.82, 2.24) is 9.62 Å². The number of sulfonamides is 1. The highest BCUT2D eigenvalue weighted by Gasteiger charge is 2.30. The van der Waals surface area contributed by atoms with Crippen LogP contribution in [0.2, 0.25) is 0 Å². The number of carboxylic acid groups (broad SMARTS) is 1. The molecule has 0 heterocycles. The molecule has 0 spiro atoms. The van der Waals surface area contributed by atoms with Crippen LogP contribution >= 0.6 is 0 Å². The number of carbonyl (C=O) groups is 2. The first kappa shape index (κ1) is 29.8. The molecule has 12 heteroatoms. The van der Waals surface area contributed by atoms with E-state index in [1.165, 1.54) is 13.2 Å². The SMILES string of the molecule is COc1cc(C)c(S(=O)(=O)N(CCC[C@@H](/C=C/C(=O)O)NC(=O)OC(C)(C)C)C(=N)N)c(C)c1C. The third kappa shape index (κ3) is 8.46. The van der Waals surface area contributed by atoms with Crippen LogP contribution in [0.4, 0.5) is 4.79 Å². The molecular formula is C23H36N4O7S. The summed E-state index contributed by atoms with van der Waals surface area (Å²) in [7, 11) is -2.68. The molecule has 1 rings (SSSR count). The number of alkyl carbamates (subject to hydrolysis) is 1. The Bertz CT molecular complexity index is 1090. The summed E-state index contributed by atoms with van der Waals surface area (Å²) in [5, 5.41) is 19.4. The van der Waals surface area contributed by atoms with Crippen molar-refractivity contribution >= 4 is 28.0 Å². The topological polar surface area (TPSA) is 172 Å². The van der Waals surface area contributed by atoms with E-state index in [1.807, 2.05) is 0 Å². The van der Waals surface area contributed by atoms with Crippen LogP contribution in [0, 0.1) is 26.2 Å². The Morgan fingerprint density at radius 3 is 2.34 bits per heavy atom. The van der Waals surface area contributed by atoms with Gasteiger partial charge in [-0.2, -0.15) is 0 Å². The third-order valence-corrected chi connectivity index (χ3v) is 7.17. The second kappa shape index (κ2) is 11.9. The molecule has 11 nitrogen and oxygen atoms in total. The molecular weight excluding hydrogens is 476 g/mol. The fraction of sp³-hybridized carbons (Fsp3) is 0.522. The van der Waals surface area contributed by atoms with E-state index >= 15 is 0 Å². The number of hydrogen-bond donors (Lipinski definition) is 4. The maximum absolute atomic E-state index is 13.5. The Morgan fingerprint density at radius 2 is 1.86 bits per heavy atom. The van der Waals surface area contributed by atoms with Crippen LogP contribution in [-0.4, -0.2) is 61.1 Å². The molecule has 0 saturated heterocycles. The lowest BCUT2D eigenvalue weighted by Gasteiger charge is -2.26. The quantitative estimate of drug-likeness (QED) is 0.210. The van der Waals surface area contributed by atoms with E-state index < -0.39 is 39.7 Å². The van der Waals surface area contributed by atoms with Crippen molar-refractivity contribution in [2.75, 3.05) is 13.7 Å². The maximum Gasteiger partial charge on any atom is 0.408 e. The molecule has 35 heavy (non-hydrogen) atoms. The van der Waals surface area contributed by atoms with Crippen molar-refractivity contribution in [3.8, 4) is 5.75 Å². The summed E-state index contributed by atoms with van der Waals surface area (Å²) >= 11 is 0. The summed E-state index contributed by atoms with van der Waals surface area (Å²) in [5.74, 6) is -1.31. The molecule has 196 valence electrons. The number of rotatable bonds is 10. The van der Waals surface area contributed by atoms with Crippen molar-refractivity contribution in [3.63, 3.8) is 0 Å². The predicted octanol–water partition coefficient (Wildman–Crippen LogP) is 2.82. The summed E-state index contributed by atoms with van der Waals surface area (Å²) in [6, 6.07) is 0.870. The first-order chi connectivity index (χ1) is 16.0. The van der Waals surface area contributed by atoms with Gasteiger partial charge in [0.25, 0.3) is 10.0 Å². The van der Waals surface area contributed by atoms with Gasteiger partial charge in [0.2, 0.25) is 5.96 Å². The molecule has 1 aromatic carbocycles. The molecule has 0 aliphatic carbocycles. The number of benzene rings is 1. The number of nitrogens with two attached hydrogens (primary N) is 1. The van der Waals surface area contributed by atoms with E-state index in [2.05, 4.69) is 5.32 Å². The second-order valence-corrected chi connectivity index (χ2v) is 10.8. The molecule has 0 aliphatic rings. The van der Waals surface area contributed by atoms with Gasteiger partial charge in [0, 0.05) is 12.6 Å². The molecule has 0 unspecified atom stereocenters. The fourth-order valence-corrected chi connectivity index (χ4v) is 5.29. The molecule has 0 bridgehead atoms. The Balaban J connectivity index is 3.14. The minimum atomic E-state index is -4.18. The summed E-state index contributed by atoms with van der Waals surface area (Å²) < 4.78 is 38.3. The van der Waals surface area contributed by atoms with Gasteiger partial charge in [-0.15, -0.1) is 0 Å². The average molecular weight is 513 g/mol. The van der Waals surface area contributed by atoms with Crippen molar-refractivity contribution in [3.05, 3.63) is 34.9 Å². The Morgan fingerprint density at radius 1 is 1.26 bits per heavy atom. The zero-order chi connectivity index (χ0) is 27.1. The van der Waals surface area contributed by atoms with Gasteiger partial charge in [-0.25, -0.2) is 22.3 Å². The van der Waals surface area contributed by atoms with Crippen molar-refractivity contribution in [2.45, 2.75) is 70.9 Å². The second-order valence-electron chi connectivity index (χ2n) is 9.03. The minimum Gasteiger partial charge on any atom is -0.496 e. The van der Waals surface area contributed by atoms with Crippen LogP contribution in [0.15, 0.2) is 23.1 Å². The molecule has 0 saturated carbocycles. The van der Waals surface area contributed by atoms with Gasteiger partial charge in [0.1, 0.15) is 11.4 Å². The van der Waals surface area contributed by atoms with Gasteiger partial charge < -0.3 is 25.6 Å². The molecule has 5 N–H and O–H groups in total. The Kier molecular flexibility index (Phi) is 10.1. The maximum atomic E-state index is 13.5. The summed E-state index contributed by atoms with van der Waals surface area (Å²) in [6.45, 7) is 9.95. The van der Waals surface area contributed by atoms with Gasteiger partial charge in [-0.3, -0.25) is 5.41 Å². The molecule has 0 fully saturated rings. The first-order valence-electron chi connectivity index (χ1n) is 10.9. The highest BCUT2D eigenvalue weighted by atomic mass is 32.2. The number of aryl methyl sites for hydroxylation is 1. The molecule has 1 amide bonds. The van der Waals surface area contributed by atoms with E-state index in [9.17, 15) is 18.0 Å². The Labute approximate surface area is 206 Å². The molecule has 0 aromatic heterocycles. The zero-order valence-corrected chi connectivity index (χ0v) is 22.1. The van der Waals surface area contributed by atoms with Crippen LogP contribution in [0.3, 0.4) is 0 Å². The van der Waals surface area contributed by atoms with Gasteiger partial charge >= 0.3 is 12.1 Å². The van der Waals surface area contributed by atoms with E-state index in [-0.39, 0.29) is 24.3 Å².